The van der Waals surface area contributed by atoms with E-state index in [1.807, 2.05) is 27.7 Å². The van der Waals surface area contributed by atoms with Gasteiger partial charge in [-0.2, -0.15) is 18.3 Å². The topological polar surface area (TPSA) is 139 Å². The maximum absolute atomic E-state index is 13.2. The Balaban J connectivity index is 0.00000129. The molecular formula is C21H28F3N7O2. The predicted octanol–water partition coefficient (Wildman–Crippen LogP) is 4.87. The van der Waals surface area contributed by atoms with Gasteiger partial charge in [0.2, 0.25) is 5.82 Å². The number of nitrogens with two attached hydrogens (primary N) is 2. The van der Waals surface area contributed by atoms with Crippen molar-refractivity contribution in [3.8, 4) is 16.9 Å². The number of anilines is 1. The van der Waals surface area contributed by atoms with Crippen molar-refractivity contribution in [1.29, 1.82) is 0 Å². The van der Waals surface area contributed by atoms with Crippen LogP contribution in [-0.2, 0) is 0 Å². The van der Waals surface area contributed by atoms with E-state index >= 15 is 0 Å². The summed E-state index contributed by atoms with van der Waals surface area (Å²) in [4.78, 5) is 18.4. The van der Waals surface area contributed by atoms with Gasteiger partial charge in [0, 0.05) is 24.2 Å². The summed E-state index contributed by atoms with van der Waals surface area (Å²) in [5, 5.41) is 15.4. The molecule has 180 valence electrons. The highest BCUT2D eigenvalue weighted by atomic mass is 19.4. The highest BCUT2D eigenvalue weighted by Crippen LogP contribution is 2.37. The zero-order valence-electron chi connectivity index (χ0n) is 18.9. The number of alkyl halides is 3. The summed E-state index contributed by atoms with van der Waals surface area (Å²) in [7, 11) is 0. The first kappa shape index (κ1) is 27.5. The molecule has 0 radical (unpaired) electrons. The summed E-state index contributed by atoms with van der Waals surface area (Å²) in [5.41, 5.74) is 11.1. The van der Waals surface area contributed by atoms with Crippen molar-refractivity contribution in [3.63, 3.8) is 0 Å². The van der Waals surface area contributed by atoms with Gasteiger partial charge in [-0.15, -0.1) is 0 Å². The molecule has 4 N–H and O–H groups in total. The van der Waals surface area contributed by atoms with Crippen LogP contribution in [0, 0.1) is 10.1 Å². The van der Waals surface area contributed by atoms with Gasteiger partial charge in [-0.05, 0) is 30.7 Å². The molecule has 0 amide bonds. The number of hydrogen-bond acceptors (Lipinski definition) is 7. The Hall–Kier alpha value is -3.54. The molecule has 1 unspecified atom stereocenters. The lowest BCUT2D eigenvalue weighted by Crippen LogP contribution is -2.23. The third-order valence-electron chi connectivity index (χ3n) is 4.29. The number of nitro groups is 1. The molecule has 3 aromatic heterocycles. The van der Waals surface area contributed by atoms with Gasteiger partial charge in [0.1, 0.15) is 0 Å². The molecule has 0 bridgehead atoms. The predicted molar refractivity (Wildman–Crippen MR) is 121 cm³/mol. The number of rotatable bonds is 6. The van der Waals surface area contributed by atoms with Crippen LogP contribution in [0.5, 0.6) is 0 Å². The Labute approximate surface area is 189 Å². The molecule has 0 aromatic carbocycles. The van der Waals surface area contributed by atoms with Crippen LogP contribution >= 0.6 is 0 Å². The molecule has 3 aromatic rings. The molecule has 1 atom stereocenters. The molecule has 3 heterocycles. The molecule has 33 heavy (non-hydrogen) atoms. The van der Waals surface area contributed by atoms with Gasteiger partial charge in [-0.25, -0.2) is 14.6 Å². The zero-order chi connectivity index (χ0) is 25.2. The summed E-state index contributed by atoms with van der Waals surface area (Å²) in [5.74, 6) is -1.69. The lowest BCUT2D eigenvalue weighted by Gasteiger charge is -2.19. The monoisotopic (exact) mass is 467 g/mol. The van der Waals surface area contributed by atoms with Gasteiger partial charge in [-0.1, -0.05) is 33.8 Å². The van der Waals surface area contributed by atoms with Crippen molar-refractivity contribution < 1.29 is 18.1 Å². The van der Waals surface area contributed by atoms with Crippen LogP contribution in [-0.4, -0.2) is 37.4 Å². The van der Waals surface area contributed by atoms with E-state index in [1.54, 1.807) is 0 Å². The fraction of sp³-hybridized carbons (Fsp3) is 0.381. The second-order valence-corrected chi connectivity index (χ2v) is 6.14. The number of halogens is 3. The smallest absolute Gasteiger partial charge is 0.378 e. The summed E-state index contributed by atoms with van der Waals surface area (Å²) in [6.45, 7) is 7.89. The second kappa shape index (κ2) is 12.5. The average Bonchev–Trinajstić information content (AvgIpc) is 3.29. The van der Waals surface area contributed by atoms with Gasteiger partial charge in [0.15, 0.2) is 5.82 Å². The number of nitrogen functional groups attached to an aromatic ring is 1. The Bertz CT molecular complexity index is 1020. The van der Waals surface area contributed by atoms with E-state index in [2.05, 4.69) is 15.1 Å². The maximum Gasteiger partial charge on any atom is 0.395 e. The van der Waals surface area contributed by atoms with Crippen LogP contribution in [0.15, 0.2) is 43.0 Å². The highest BCUT2D eigenvalue weighted by Gasteiger charge is 2.40. The third-order valence-corrected chi connectivity index (χ3v) is 4.29. The first-order valence-corrected chi connectivity index (χ1v) is 10.4. The van der Waals surface area contributed by atoms with E-state index in [4.69, 9.17) is 11.5 Å². The molecule has 0 aliphatic carbocycles. The molecule has 0 aliphatic rings. The lowest BCUT2D eigenvalue weighted by molar-refractivity contribution is -0.383. The number of hydrogen-bond donors (Lipinski definition) is 2. The Morgan fingerprint density at radius 3 is 2.30 bits per heavy atom. The minimum absolute atomic E-state index is 0.00313. The van der Waals surface area contributed by atoms with Crippen LogP contribution < -0.4 is 11.5 Å². The SMILES string of the molecule is CC.CC.NCCC(c1ccc(-n2cc(-c3ccnc(N)c3[N+](=O)[O-])cn2)nc1)C(F)(F)F. The molecule has 0 spiro atoms. The first-order valence-electron chi connectivity index (χ1n) is 10.4. The zero-order valence-corrected chi connectivity index (χ0v) is 18.9. The molecule has 0 aliphatic heterocycles. The number of pyridine rings is 2. The lowest BCUT2D eigenvalue weighted by atomic mass is 9.97. The van der Waals surface area contributed by atoms with Crippen molar-refractivity contribution in [3.05, 3.63) is 58.7 Å². The summed E-state index contributed by atoms with van der Waals surface area (Å²) >= 11 is 0. The summed E-state index contributed by atoms with van der Waals surface area (Å²) in [6, 6.07) is 4.12. The largest absolute Gasteiger partial charge is 0.395 e. The van der Waals surface area contributed by atoms with E-state index in [1.165, 1.54) is 41.5 Å². The number of nitrogens with zero attached hydrogens (tertiary/aromatic N) is 5. The fourth-order valence-corrected chi connectivity index (χ4v) is 2.91. The van der Waals surface area contributed by atoms with Crippen molar-refractivity contribution in [2.45, 2.75) is 46.2 Å². The van der Waals surface area contributed by atoms with E-state index in [-0.39, 0.29) is 41.4 Å². The molecule has 9 nitrogen and oxygen atoms in total. The standard InChI is InChI=1S/C17H16F3N7O2.2C2H6/c18-17(19,20)13(3-5-21)10-1-2-14(24-7-10)26-9-11(8-25-26)12-4-6-23-16(22)15(12)27(28)29;2*1-2/h1-2,4,6-9,13H,3,5,21H2,(H2,22,23);2*1-2H3. The highest BCUT2D eigenvalue weighted by molar-refractivity contribution is 5.78. The van der Waals surface area contributed by atoms with Crippen LogP contribution in [0.4, 0.5) is 24.7 Å². The van der Waals surface area contributed by atoms with E-state index in [9.17, 15) is 23.3 Å². The number of aromatic nitrogens is 4. The normalized spacial score (nSPS) is 11.5. The Morgan fingerprint density at radius 2 is 1.79 bits per heavy atom. The van der Waals surface area contributed by atoms with Gasteiger partial charge < -0.3 is 11.5 Å². The van der Waals surface area contributed by atoms with Crippen LogP contribution in [0.3, 0.4) is 0 Å². The van der Waals surface area contributed by atoms with Crippen molar-refractivity contribution in [1.82, 2.24) is 19.7 Å². The molecule has 12 heteroatoms. The quantitative estimate of drug-likeness (QED) is 0.389. The minimum Gasteiger partial charge on any atom is -0.378 e. The first-order chi connectivity index (χ1) is 15.7. The Kier molecular flexibility index (Phi) is 10.4. The Morgan fingerprint density at radius 1 is 1.12 bits per heavy atom. The van der Waals surface area contributed by atoms with E-state index in [0.29, 0.717) is 5.56 Å². The van der Waals surface area contributed by atoms with E-state index < -0.39 is 17.0 Å². The van der Waals surface area contributed by atoms with Gasteiger partial charge >= 0.3 is 11.9 Å². The van der Waals surface area contributed by atoms with Gasteiger partial charge in [-0.3, -0.25) is 10.1 Å². The van der Waals surface area contributed by atoms with Crippen LogP contribution in [0.2, 0.25) is 0 Å². The molecule has 0 saturated heterocycles. The summed E-state index contributed by atoms with van der Waals surface area (Å²) < 4.78 is 40.8. The fourth-order valence-electron chi connectivity index (χ4n) is 2.91. The van der Waals surface area contributed by atoms with Crippen molar-refractivity contribution in [2.75, 3.05) is 12.3 Å². The van der Waals surface area contributed by atoms with Crippen LogP contribution in [0.1, 0.15) is 45.6 Å². The van der Waals surface area contributed by atoms with Crippen molar-refractivity contribution in [2.24, 2.45) is 5.73 Å². The molecular weight excluding hydrogens is 439 g/mol. The van der Waals surface area contributed by atoms with Crippen molar-refractivity contribution >= 4 is 11.5 Å². The minimum atomic E-state index is -4.43. The molecule has 3 rings (SSSR count). The van der Waals surface area contributed by atoms with E-state index in [0.717, 1.165) is 6.20 Å². The summed E-state index contributed by atoms with van der Waals surface area (Å²) in [6.07, 6.45) is 0.606. The van der Waals surface area contributed by atoms with Crippen LogP contribution in [0.25, 0.3) is 16.9 Å². The maximum atomic E-state index is 13.2. The van der Waals surface area contributed by atoms with Gasteiger partial charge in [0.05, 0.1) is 22.6 Å². The van der Waals surface area contributed by atoms with Gasteiger partial charge in [0.25, 0.3) is 0 Å². The third kappa shape index (κ3) is 6.72. The molecule has 0 fully saturated rings. The second-order valence-electron chi connectivity index (χ2n) is 6.14. The average molecular weight is 467 g/mol. The molecule has 0 saturated carbocycles.